The number of aryl methyl sites for hydroxylation is 2. The van der Waals surface area contributed by atoms with E-state index in [0.29, 0.717) is 24.2 Å². The molecule has 0 radical (unpaired) electrons. The maximum Gasteiger partial charge on any atom is 0.268 e. The van der Waals surface area contributed by atoms with Gasteiger partial charge in [0.05, 0.1) is 17.1 Å². The minimum atomic E-state index is -3.99. The third-order valence-corrected chi connectivity index (χ3v) is 9.20. The number of amides is 1. The average Bonchev–Trinajstić information content (AvgIpc) is 3.08. The number of para-hydroxylation sites is 1. The predicted octanol–water partition coefficient (Wildman–Crippen LogP) is 5.63. The average molecular weight is 524 g/mol. The Labute approximate surface area is 223 Å². The van der Waals surface area contributed by atoms with Crippen molar-refractivity contribution in [1.82, 2.24) is 10.0 Å². The second kappa shape index (κ2) is 9.42. The normalized spacial score (nSPS) is 17.3. The van der Waals surface area contributed by atoms with Crippen molar-refractivity contribution in [2.45, 2.75) is 37.9 Å². The molecule has 0 saturated carbocycles. The van der Waals surface area contributed by atoms with Gasteiger partial charge in [-0.05, 0) is 67.3 Å². The van der Waals surface area contributed by atoms with Crippen LogP contribution < -0.4 is 4.31 Å². The first kappa shape index (κ1) is 24.4. The van der Waals surface area contributed by atoms with E-state index in [9.17, 15) is 13.2 Å². The van der Waals surface area contributed by atoms with E-state index in [1.165, 1.54) is 4.31 Å². The molecule has 38 heavy (non-hydrogen) atoms. The van der Waals surface area contributed by atoms with E-state index < -0.39 is 16.2 Å². The molecular formula is C31H29N3O3S. The Morgan fingerprint density at radius 1 is 0.763 bits per heavy atom. The van der Waals surface area contributed by atoms with Gasteiger partial charge in [-0.25, -0.2) is 12.7 Å². The zero-order chi connectivity index (χ0) is 26.4. The summed E-state index contributed by atoms with van der Waals surface area (Å²) >= 11 is 0. The maximum atomic E-state index is 14.5. The molecule has 192 valence electrons. The molecule has 1 amide bonds. The Morgan fingerprint density at radius 2 is 1.37 bits per heavy atom. The number of nitrogens with zero attached hydrogens (tertiary/aromatic N) is 3. The molecule has 4 aromatic carbocycles. The molecule has 1 unspecified atom stereocenters. The molecule has 7 heteroatoms. The van der Waals surface area contributed by atoms with Gasteiger partial charge in [0, 0.05) is 12.1 Å². The van der Waals surface area contributed by atoms with Gasteiger partial charge >= 0.3 is 0 Å². The van der Waals surface area contributed by atoms with Crippen LogP contribution in [0.3, 0.4) is 0 Å². The number of carbonyl (C=O) groups excluding carboxylic acids is 1. The zero-order valence-electron chi connectivity index (χ0n) is 21.4. The Kier molecular flexibility index (Phi) is 6.05. The fraction of sp³-hybridized carbons (Fsp3) is 0.194. The van der Waals surface area contributed by atoms with Gasteiger partial charge < -0.3 is 0 Å². The Morgan fingerprint density at radius 3 is 2.08 bits per heavy atom. The second-order valence-corrected chi connectivity index (χ2v) is 11.8. The summed E-state index contributed by atoms with van der Waals surface area (Å²) in [5, 5.41) is 3.67. The first-order valence-electron chi connectivity index (χ1n) is 12.8. The lowest BCUT2D eigenvalue weighted by atomic mass is 9.97. The Balaban J connectivity index is 1.58. The molecule has 2 aliphatic heterocycles. The van der Waals surface area contributed by atoms with Crippen molar-refractivity contribution in [3.63, 3.8) is 0 Å². The summed E-state index contributed by atoms with van der Waals surface area (Å²) in [6.07, 6.45) is -0.0108. The highest BCUT2D eigenvalue weighted by Crippen LogP contribution is 2.44. The van der Waals surface area contributed by atoms with Crippen molar-refractivity contribution in [3.05, 3.63) is 130 Å². The van der Waals surface area contributed by atoms with Crippen molar-refractivity contribution in [2.75, 3.05) is 10.8 Å². The maximum absolute atomic E-state index is 14.5. The standard InChI is InChI=1S/C31H29N3O3S/c1-22-11-15-25(16-12-22)31(35)33-21-26-8-4-6-10-29(26)34(38(36,37)27-17-13-23(2)14-18-27)30-28-9-5-3-7-24(28)19-20-32(30)33/h3-18,30H,19-21H2,1-2H3. The molecule has 2 aliphatic rings. The molecule has 0 bridgehead atoms. The molecule has 6 nitrogen and oxygen atoms in total. The minimum Gasteiger partial charge on any atom is -0.268 e. The SMILES string of the molecule is Cc1ccc(C(=O)N2Cc3ccccc3N(S(=O)(=O)c3ccc(C)cc3)C3c4ccccc4CCN32)cc1. The smallest absolute Gasteiger partial charge is 0.268 e. The van der Waals surface area contributed by atoms with E-state index in [1.54, 1.807) is 17.1 Å². The quantitative estimate of drug-likeness (QED) is 0.349. The van der Waals surface area contributed by atoms with Gasteiger partial charge in [0.15, 0.2) is 0 Å². The van der Waals surface area contributed by atoms with E-state index >= 15 is 0 Å². The zero-order valence-corrected chi connectivity index (χ0v) is 22.2. The highest BCUT2D eigenvalue weighted by Gasteiger charge is 2.45. The molecule has 0 spiro atoms. The molecule has 1 atom stereocenters. The number of hydrogen-bond acceptors (Lipinski definition) is 4. The number of benzene rings is 4. The van der Waals surface area contributed by atoms with E-state index in [-0.39, 0.29) is 17.3 Å². The molecule has 0 aromatic heterocycles. The van der Waals surface area contributed by atoms with E-state index in [2.05, 4.69) is 0 Å². The van der Waals surface area contributed by atoms with Gasteiger partial charge in [0.2, 0.25) is 0 Å². The van der Waals surface area contributed by atoms with Gasteiger partial charge in [0.25, 0.3) is 15.9 Å². The van der Waals surface area contributed by atoms with Crippen LogP contribution in [0.2, 0.25) is 0 Å². The number of sulfonamides is 1. The van der Waals surface area contributed by atoms with Crippen molar-refractivity contribution in [1.29, 1.82) is 0 Å². The van der Waals surface area contributed by atoms with E-state index in [4.69, 9.17) is 0 Å². The van der Waals surface area contributed by atoms with Crippen molar-refractivity contribution >= 4 is 21.6 Å². The van der Waals surface area contributed by atoms with Gasteiger partial charge in [-0.15, -0.1) is 0 Å². The number of anilines is 1. The molecule has 6 rings (SSSR count). The largest absolute Gasteiger partial charge is 0.268 e. The predicted molar refractivity (Wildman–Crippen MR) is 148 cm³/mol. The molecule has 0 aliphatic carbocycles. The first-order valence-corrected chi connectivity index (χ1v) is 14.2. The number of hydrogen-bond donors (Lipinski definition) is 0. The molecule has 2 heterocycles. The summed E-state index contributed by atoms with van der Waals surface area (Å²) in [5.41, 5.74) is 5.95. The van der Waals surface area contributed by atoms with E-state index in [1.807, 2.05) is 104 Å². The second-order valence-electron chi connectivity index (χ2n) is 9.96. The highest BCUT2D eigenvalue weighted by atomic mass is 32.2. The molecule has 0 N–H and O–H groups in total. The molecule has 4 aromatic rings. The van der Waals surface area contributed by atoms with Gasteiger partial charge in [0.1, 0.15) is 6.17 Å². The fourth-order valence-corrected chi connectivity index (χ4v) is 7.02. The lowest BCUT2D eigenvalue weighted by molar-refractivity contribution is -0.0435. The van der Waals surface area contributed by atoms with Crippen molar-refractivity contribution < 1.29 is 13.2 Å². The van der Waals surface area contributed by atoms with Crippen LogP contribution in [0.25, 0.3) is 0 Å². The summed E-state index contributed by atoms with van der Waals surface area (Å²) in [6, 6.07) is 29.9. The van der Waals surface area contributed by atoms with Crippen LogP contribution in [-0.2, 0) is 23.0 Å². The third kappa shape index (κ3) is 4.08. The van der Waals surface area contributed by atoms with Crippen molar-refractivity contribution in [2.24, 2.45) is 0 Å². The number of fused-ring (bicyclic) bond motifs is 4. The Bertz CT molecular complexity index is 1620. The monoisotopic (exact) mass is 523 g/mol. The highest BCUT2D eigenvalue weighted by molar-refractivity contribution is 7.92. The minimum absolute atomic E-state index is 0.154. The van der Waals surface area contributed by atoms with Crippen LogP contribution in [0, 0.1) is 13.8 Å². The van der Waals surface area contributed by atoms with Gasteiger partial charge in [-0.3, -0.25) is 9.80 Å². The lowest BCUT2D eigenvalue weighted by Gasteiger charge is -2.45. The number of rotatable bonds is 3. The van der Waals surface area contributed by atoms with Crippen LogP contribution in [0.15, 0.2) is 102 Å². The van der Waals surface area contributed by atoms with Crippen LogP contribution >= 0.6 is 0 Å². The van der Waals surface area contributed by atoms with Crippen LogP contribution in [0.1, 0.15) is 44.3 Å². The lowest BCUT2D eigenvalue weighted by Crippen LogP contribution is -2.54. The van der Waals surface area contributed by atoms with Crippen LogP contribution in [0.4, 0.5) is 5.69 Å². The topological polar surface area (TPSA) is 60.9 Å². The number of carbonyl (C=O) groups is 1. The van der Waals surface area contributed by atoms with Gasteiger partial charge in [-0.2, -0.15) is 5.01 Å². The molecular weight excluding hydrogens is 494 g/mol. The van der Waals surface area contributed by atoms with Crippen molar-refractivity contribution in [3.8, 4) is 0 Å². The fourth-order valence-electron chi connectivity index (χ4n) is 5.39. The molecule has 0 fully saturated rings. The Hall–Kier alpha value is -3.94. The van der Waals surface area contributed by atoms with Crippen LogP contribution in [-0.4, -0.2) is 30.9 Å². The number of hydrazine groups is 1. The summed E-state index contributed by atoms with van der Waals surface area (Å²) < 4.78 is 30.4. The third-order valence-electron chi connectivity index (χ3n) is 7.42. The first-order chi connectivity index (χ1) is 18.3. The molecule has 0 saturated heterocycles. The summed E-state index contributed by atoms with van der Waals surface area (Å²) in [4.78, 5) is 14.2. The van der Waals surface area contributed by atoms with E-state index in [0.717, 1.165) is 27.8 Å². The summed E-state index contributed by atoms with van der Waals surface area (Å²) in [6.45, 7) is 4.70. The van der Waals surface area contributed by atoms with Gasteiger partial charge in [-0.1, -0.05) is 77.9 Å². The summed E-state index contributed by atoms with van der Waals surface area (Å²) in [5.74, 6) is -0.154. The van der Waals surface area contributed by atoms with Crippen LogP contribution in [0.5, 0.6) is 0 Å². The summed E-state index contributed by atoms with van der Waals surface area (Å²) in [7, 11) is -3.99.